The maximum Gasteiger partial charge on any atom is -0.0147 e. The average Bonchev–Trinajstić information content (AvgIpc) is 2.25. The van der Waals surface area contributed by atoms with Crippen molar-refractivity contribution in [1.82, 2.24) is 0 Å². The third kappa shape index (κ3) is 2.04. The summed E-state index contributed by atoms with van der Waals surface area (Å²) in [6.07, 6.45) is 5.59. The van der Waals surface area contributed by atoms with Gasteiger partial charge in [0.15, 0.2) is 0 Å². The van der Waals surface area contributed by atoms with Gasteiger partial charge in [-0.3, -0.25) is 0 Å². The molecule has 1 atom stereocenters. The fourth-order valence-electron chi connectivity index (χ4n) is 2.42. The van der Waals surface area contributed by atoms with Gasteiger partial charge in [-0.1, -0.05) is 48.9 Å². The van der Waals surface area contributed by atoms with Gasteiger partial charge >= 0.3 is 0 Å². The molecule has 0 heterocycles. The van der Waals surface area contributed by atoms with Crippen molar-refractivity contribution in [3.05, 3.63) is 54.1 Å². The van der Waals surface area contributed by atoms with E-state index >= 15 is 0 Å². The monoisotopic (exact) mass is 198 g/mol. The molecule has 0 aromatic heterocycles. The molecule has 0 spiro atoms. The maximum absolute atomic E-state index is 3.79. The SMILES string of the molecule is C=CCCC1=C(c2ccccc2)C(C)C1. The molecule has 0 saturated heterocycles. The van der Waals surface area contributed by atoms with E-state index < -0.39 is 0 Å². The minimum Gasteiger partial charge on any atom is -0.103 e. The summed E-state index contributed by atoms with van der Waals surface area (Å²) >= 11 is 0. The maximum atomic E-state index is 3.79. The molecule has 1 aliphatic rings. The summed E-state index contributed by atoms with van der Waals surface area (Å²) in [5.41, 5.74) is 4.63. The minimum absolute atomic E-state index is 0.743. The number of benzene rings is 1. The van der Waals surface area contributed by atoms with E-state index in [1.165, 1.54) is 18.4 Å². The molecule has 0 radical (unpaired) electrons. The van der Waals surface area contributed by atoms with Crippen LogP contribution >= 0.6 is 0 Å². The van der Waals surface area contributed by atoms with Gasteiger partial charge in [0, 0.05) is 0 Å². The van der Waals surface area contributed by atoms with E-state index in [1.54, 1.807) is 11.1 Å². The van der Waals surface area contributed by atoms with Gasteiger partial charge in [-0.15, -0.1) is 6.58 Å². The standard InChI is InChI=1S/C15H18/c1-3-4-8-14-11-12(2)15(14)13-9-6-5-7-10-13/h3,5-7,9-10,12H,1,4,8,11H2,2H3. The number of rotatable bonds is 4. The normalized spacial score (nSPS) is 19.9. The Kier molecular flexibility index (Phi) is 3.05. The predicted octanol–water partition coefficient (Wildman–Crippen LogP) is 4.45. The Morgan fingerprint density at radius 1 is 1.33 bits per heavy atom. The molecule has 0 saturated carbocycles. The Labute approximate surface area is 92.3 Å². The molecule has 0 nitrogen and oxygen atoms in total. The number of hydrogen-bond donors (Lipinski definition) is 0. The van der Waals surface area contributed by atoms with Crippen LogP contribution in [0.1, 0.15) is 31.7 Å². The first-order valence-electron chi connectivity index (χ1n) is 5.71. The number of allylic oxidation sites excluding steroid dienone is 3. The molecule has 1 aromatic carbocycles. The van der Waals surface area contributed by atoms with E-state index in [9.17, 15) is 0 Å². The van der Waals surface area contributed by atoms with Crippen molar-refractivity contribution in [2.24, 2.45) is 5.92 Å². The molecule has 0 N–H and O–H groups in total. The molecular weight excluding hydrogens is 180 g/mol. The Morgan fingerprint density at radius 2 is 2.07 bits per heavy atom. The van der Waals surface area contributed by atoms with Crippen LogP contribution in [0.5, 0.6) is 0 Å². The fraction of sp³-hybridized carbons (Fsp3) is 0.333. The molecule has 0 heteroatoms. The van der Waals surface area contributed by atoms with Gasteiger partial charge in [0.2, 0.25) is 0 Å². The molecule has 0 fully saturated rings. The highest BCUT2D eigenvalue weighted by atomic mass is 14.3. The summed E-state index contributed by atoms with van der Waals surface area (Å²) in [4.78, 5) is 0. The second-order valence-corrected chi connectivity index (χ2v) is 4.32. The zero-order chi connectivity index (χ0) is 10.7. The molecule has 1 aromatic rings. The smallest absolute Gasteiger partial charge is 0.0147 e. The summed E-state index contributed by atoms with van der Waals surface area (Å²) in [7, 11) is 0. The largest absolute Gasteiger partial charge is 0.103 e. The Balaban J connectivity index is 2.22. The van der Waals surface area contributed by atoms with Crippen molar-refractivity contribution in [3.8, 4) is 0 Å². The molecule has 15 heavy (non-hydrogen) atoms. The van der Waals surface area contributed by atoms with Crippen molar-refractivity contribution in [2.75, 3.05) is 0 Å². The lowest BCUT2D eigenvalue weighted by molar-refractivity contribution is 0.636. The highest BCUT2D eigenvalue weighted by molar-refractivity contribution is 5.75. The summed E-state index contributed by atoms with van der Waals surface area (Å²) in [6.45, 7) is 6.10. The van der Waals surface area contributed by atoms with Gasteiger partial charge in [0.1, 0.15) is 0 Å². The highest BCUT2D eigenvalue weighted by Crippen LogP contribution is 2.43. The van der Waals surface area contributed by atoms with Crippen LogP contribution in [-0.4, -0.2) is 0 Å². The first-order valence-corrected chi connectivity index (χ1v) is 5.71. The average molecular weight is 198 g/mol. The van der Waals surface area contributed by atoms with Crippen LogP contribution in [0.4, 0.5) is 0 Å². The molecule has 0 aliphatic heterocycles. The van der Waals surface area contributed by atoms with Crippen LogP contribution in [0.2, 0.25) is 0 Å². The molecular formula is C15H18. The molecule has 1 aliphatic carbocycles. The van der Waals surface area contributed by atoms with Crippen molar-refractivity contribution in [1.29, 1.82) is 0 Å². The van der Waals surface area contributed by atoms with E-state index in [0.29, 0.717) is 0 Å². The summed E-state index contributed by atoms with van der Waals surface area (Å²) < 4.78 is 0. The quantitative estimate of drug-likeness (QED) is 0.627. The van der Waals surface area contributed by atoms with Gasteiger partial charge < -0.3 is 0 Å². The van der Waals surface area contributed by atoms with Gasteiger partial charge in [-0.05, 0) is 36.3 Å². The van der Waals surface area contributed by atoms with Crippen molar-refractivity contribution in [3.63, 3.8) is 0 Å². The van der Waals surface area contributed by atoms with Crippen molar-refractivity contribution < 1.29 is 0 Å². The molecule has 78 valence electrons. The third-order valence-corrected chi connectivity index (χ3v) is 3.16. The zero-order valence-corrected chi connectivity index (χ0v) is 9.37. The van der Waals surface area contributed by atoms with E-state index in [0.717, 1.165) is 12.3 Å². The summed E-state index contributed by atoms with van der Waals surface area (Å²) in [5, 5.41) is 0. The summed E-state index contributed by atoms with van der Waals surface area (Å²) in [5.74, 6) is 0.743. The highest BCUT2D eigenvalue weighted by Gasteiger charge is 2.25. The topological polar surface area (TPSA) is 0 Å². The fourth-order valence-corrected chi connectivity index (χ4v) is 2.42. The van der Waals surface area contributed by atoms with Crippen LogP contribution in [0.3, 0.4) is 0 Å². The van der Waals surface area contributed by atoms with Crippen molar-refractivity contribution >= 4 is 5.57 Å². The van der Waals surface area contributed by atoms with E-state index in [2.05, 4.69) is 43.8 Å². The lowest BCUT2D eigenvalue weighted by Crippen LogP contribution is -2.14. The van der Waals surface area contributed by atoms with Gasteiger partial charge in [-0.2, -0.15) is 0 Å². The van der Waals surface area contributed by atoms with E-state index in [-0.39, 0.29) is 0 Å². The van der Waals surface area contributed by atoms with Gasteiger partial charge in [0.05, 0.1) is 0 Å². The van der Waals surface area contributed by atoms with Crippen LogP contribution < -0.4 is 0 Å². The Morgan fingerprint density at radius 3 is 2.67 bits per heavy atom. The molecule has 0 bridgehead atoms. The summed E-state index contributed by atoms with van der Waals surface area (Å²) in [6, 6.07) is 10.8. The van der Waals surface area contributed by atoms with Crippen LogP contribution in [0.25, 0.3) is 5.57 Å². The first-order chi connectivity index (χ1) is 7.33. The van der Waals surface area contributed by atoms with E-state index in [4.69, 9.17) is 0 Å². The van der Waals surface area contributed by atoms with Gasteiger partial charge in [-0.25, -0.2) is 0 Å². The third-order valence-electron chi connectivity index (χ3n) is 3.16. The van der Waals surface area contributed by atoms with E-state index in [1.807, 2.05) is 6.08 Å². The lowest BCUT2D eigenvalue weighted by Gasteiger charge is -2.31. The second-order valence-electron chi connectivity index (χ2n) is 4.32. The zero-order valence-electron chi connectivity index (χ0n) is 9.37. The van der Waals surface area contributed by atoms with Crippen LogP contribution in [-0.2, 0) is 0 Å². The first kappa shape index (κ1) is 10.2. The van der Waals surface area contributed by atoms with Crippen molar-refractivity contribution in [2.45, 2.75) is 26.2 Å². The lowest BCUT2D eigenvalue weighted by atomic mass is 9.73. The van der Waals surface area contributed by atoms with Crippen LogP contribution in [0, 0.1) is 5.92 Å². The predicted molar refractivity (Wildman–Crippen MR) is 66.6 cm³/mol. The molecule has 2 rings (SSSR count). The Hall–Kier alpha value is -1.30. The second kappa shape index (κ2) is 4.48. The van der Waals surface area contributed by atoms with Crippen LogP contribution in [0.15, 0.2) is 48.6 Å². The minimum atomic E-state index is 0.743. The molecule has 0 amide bonds. The molecule has 1 unspecified atom stereocenters. The van der Waals surface area contributed by atoms with Gasteiger partial charge in [0.25, 0.3) is 0 Å². The number of hydrogen-bond acceptors (Lipinski definition) is 0. The Bertz CT molecular complexity index is 370.